The molecule has 23 heavy (non-hydrogen) atoms. The largest absolute Gasteiger partial charge is 0.505 e. The molecule has 2 rings (SSSR count). The fourth-order valence-electron chi connectivity index (χ4n) is 1.82. The summed E-state index contributed by atoms with van der Waals surface area (Å²) in [5, 5.41) is 30.1. The highest BCUT2D eigenvalue weighted by Crippen LogP contribution is 2.28. The molecule has 9 heteroatoms. The maximum Gasteiger partial charge on any atom is 0.297 e. The number of aromatic nitrogens is 1. The van der Waals surface area contributed by atoms with Crippen LogP contribution < -0.4 is 10.8 Å². The van der Waals surface area contributed by atoms with Gasteiger partial charge in [0, 0.05) is 11.1 Å². The number of hydrogen-bond donors (Lipinski definition) is 5. The molecule has 0 aliphatic carbocycles. The minimum Gasteiger partial charge on any atom is -0.505 e. The molecule has 0 atom stereocenters. The van der Waals surface area contributed by atoms with Crippen molar-refractivity contribution in [1.82, 2.24) is 10.5 Å². The van der Waals surface area contributed by atoms with E-state index in [1.807, 2.05) is 0 Å². The number of aliphatic hydroxyl groups excluding tert-OH is 1. The number of pyridine rings is 1. The molecule has 0 aliphatic rings. The molecule has 0 saturated heterocycles. The second-order valence-electron chi connectivity index (χ2n) is 4.41. The Hall–Kier alpha value is -3.04. The molecular formula is C14H12FN3O5. The van der Waals surface area contributed by atoms with Gasteiger partial charge in [-0.3, -0.25) is 14.8 Å². The van der Waals surface area contributed by atoms with E-state index >= 15 is 0 Å². The number of anilines is 1. The van der Waals surface area contributed by atoms with Crippen LogP contribution in [0.15, 0.2) is 30.5 Å². The number of aliphatic hydroxyl groups is 1. The van der Waals surface area contributed by atoms with Gasteiger partial charge >= 0.3 is 0 Å². The van der Waals surface area contributed by atoms with Crippen molar-refractivity contribution in [2.75, 3.05) is 5.32 Å². The van der Waals surface area contributed by atoms with Crippen LogP contribution in [-0.4, -0.2) is 32.2 Å². The van der Waals surface area contributed by atoms with Crippen molar-refractivity contribution >= 4 is 17.5 Å². The highest BCUT2D eigenvalue weighted by atomic mass is 19.1. The topological polar surface area (TPSA) is 132 Å². The number of carbonyl (C=O) groups is 2. The van der Waals surface area contributed by atoms with Gasteiger partial charge in [-0.1, -0.05) is 0 Å². The normalized spacial score (nSPS) is 10.2. The Morgan fingerprint density at radius 1 is 1.17 bits per heavy atom. The van der Waals surface area contributed by atoms with Gasteiger partial charge < -0.3 is 15.5 Å². The third-order valence-corrected chi connectivity index (χ3v) is 2.99. The maximum atomic E-state index is 12.8. The number of benzene rings is 1. The van der Waals surface area contributed by atoms with Gasteiger partial charge in [-0.2, -0.15) is 0 Å². The third-order valence-electron chi connectivity index (χ3n) is 2.99. The number of hydrogen-bond acceptors (Lipinski definition) is 6. The lowest BCUT2D eigenvalue weighted by molar-refractivity contribution is 0.0697. The standard InChI is InChI=1S/C14H12FN3O5/c15-8-3-1-7(2-4-8)13(21)17-10-5-16-11(14(22)18-23)12(20)9(10)6-19/h1-5,19-20,23H,6H2,(H,17,21)(H,18,22). The monoisotopic (exact) mass is 321 g/mol. The summed E-state index contributed by atoms with van der Waals surface area (Å²) in [6.45, 7) is -0.695. The number of nitrogens with one attached hydrogen (secondary N) is 2. The molecule has 5 N–H and O–H groups in total. The molecule has 0 saturated carbocycles. The van der Waals surface area contributed by atoms with Crippen LogP contribution in [0.4, 0.5) is 10.1 Å². The molecule has 0 bridgehead atoms. The molecule has 8 nitrogen and oxygen atoms in total. The van der Waals surface area contributed by atoms with E-state index in [1.165, 1.54) is 17.6 Å². The molecule has 0 spiro atoms. The van der Waals surface area contributed by atoms with E-state index in [0.717, 1.165) is 18.3 Å². The number of nitrogens with zero attached hydrogens (tertiary/aromatic N) is 1. The van der Waals surface area contributed by atoms with Gasteiger partial charge in [-0.15, -0.1) is 0 Å². The molecule has 1 aromatic carbocycles. The van der Waals surface area contributed by atoms with E-state index in [2.05, 4.69) is 10.3 Å². The average Bonchev–Trinajstić information content (AvgIpc) is 2.55. The molecule has 1 heterocycles. The molecule has 0 aliphatic heterocycles. The lowest BCUT2D eigenvalue weighted by Gasteiger charge is -2.12. The average molecular weight is 321 g/mol. The number of amides is 2. The second kappa shape index (κ2) is 6.81. The predicted octanol–water partition coefficient (Wildman–Crippen LogP) is 0.790. The first-order valence-electron chi connectivity index (χ1n) is 6.31. The Morgan fingerprint density at radius 2 is 1.83 bits per heavy atom. The Bertz CT molecular complexity index is 749. The van der Waals surface area contributed by atoms with Gasteiger partial charge in [-0.25, -0.2) is 14.9 Å². The molecule has 0 unspecified atom stereocenters. The number of carbonyl (C=O) groups excluding carboxylic acids is 2. The van der Waals surface area contributed by atoms with Crippen molar-refractivity contribution in [2.45, 2.75) is 6.61 Å². The summed E-state index contributed by atoms with van der Waals surface area (Å²) in [7, 11) is 0. The van der Waals surface area contributed by atoms with Gasteiger partial charge in [0.1, 0.15) is 5.82 Å². The Balaban J connectivity index is 2.33. The Labute approximate surface area is 129 Å². The number of halogens is 1. The smallest absolute Gasteiger partial charge is 0.297 e. The van der Waals surface area contributed by atoms with Gasteiger partial charge in [0.15, 0.2) is 11.4 Å². The fraction of sp³-hybridized carbons (Fsp3) is 0.0714. The van der Waals surface area contributed by atoms with E-state index in [1.54, 1.807) is 0 Å². The van der Waals surface area contributed by atoms with Crippen LogP contribution in [0.25, 0.3) is 0 Å². The maximum absolute atomic E-state index is 12.8. The summed E-state index contributed by atoms with van der Waals surface area (Å²) in [5.74, 6) is -2.89. The van der Waals surface area contributed by atoms with E-state index in [0.29, 0.717) is 0 Å². The van der Waals surface area contributed by atoms with Crippen LogP contribution in [0, 0.1) is 5.82 Å². The SMILES string of the molecule is O=C(Nc1cnc(C(=O)NO)c(O)c1CO)c1ccc(F)cc1. The zero-order valence-electron chi connectivity index (χ0n) is 11.6. The van der Waals surface area contributed by atoms with Crippen molar-refractivity contribution in [3.05, 3.63) is 53.1 Å². The van der Waals surface area contributed by atoms with Crippen molar-refractivity contribution in [3.8, 4) is 5.75 Å². The Kier molecular flexibility index (Phi) is 4.84. The molecule has 0 radical (unpaired) electrons. The quantitative estimate of drug-likeness (QED) is 0.418. The highest BCUT2D eigenvalue weighted by molar-refractivity contribution is 6.05. The van der Waals surface area contributed by atoms with Crippen molar-refractivity contribution in [3.63, 3.8) is 0 Å². The predicted molar refractivity (Wildman–Crippen MR) is 75.4 cm³/mol. The van der Waals surface area contributed by atoms with Gasteiger partial charge in [0.05, 0.1) is 18.5 Å². The van der Waals surface area contributed by atoms with Crippen LogP contribution in [0.1, 0.15) is 26.4 Å². The van der Waals surface area contributed by atoms with Crippen LogP contribution in [-0.2, 0) is 6.61 Å². The summed E-state index contributed by atoms with van der Waals surface area (Å²) < 4.78 is 12.8. The van der Waals surface area contributed by atoms with Crippen LogP contribution in [0.2, 0.25) is 0 Å². The fourth-order valence-corrected chi connectivity index (χ4v) is 1.82. The summed E-state index contributed by atoms with van der Waals surface area (Å²) in [4.78, 5) is 26.9. The first-order valence-corrected chi connectivity index (χ1v) is 6.31. The first-order chi connectivity index (χ1) is 11.0. The summed E-state index contributed by atoms with van der Waals surface area (Å²) >= 11 is 0. The molecule has 1 aromatic heterocycles. The minimum atomic E-state index is -1.08. The van der Waals surface area contributed by atoms with E-state index < -0.39 is 35.7 Å². The van der Waals surface area contributed by atoms with E-state index in [-0.39, 0.29) is 16.8 Å². The highest BCUT2D eigenvalue weighted by Gasteiger charge is 2.20. The molecular weight excluding hydrogens is 309 g/mol. The van der Waals surface area contributed by atoms with Gasteiger partial charge in [0.25, 0.3) is 11.8 Å². The lowest BCUT2D eigenvalue weighted by Crippen LogP contribution is -2.21. The van der Waals surface area contributed by atoms with Crippen LogP contribution in [0.3, 0.4) is 0 Å². The Morgan fingerprint density at radius 3 is 2.39 bits per heavy atom. The minimum absolute atomic E-state index is 0.0335. The van der Waals surface area contributed by atoms with Crippen molar-refractivity contribution in [2.24, 2.45) is 0 Å². The van der Waals surface area contributed by atoms with Crippen LogP contribution in [0.5, 0.6) is 5.75 Å². The van der Waals surface area contributed by atoms with Crippen LogP contribution >= 0.6 is 0 Å². The summed E-state index contributed by atoms with van der Waals surface area (Å²) in [5.41, 5.74) is 0.735. The summed E-state index contributed by atoms with van der Waals surface area (Å²) in [6, 6.07) is 4.72. The molecule has 2 amide bonds. The zero-order valence-corrected chi connectivity index (χ0v) is 11.6. The molecule has 2 aromatic rings. The lowest BCUT2D eigenvalue weighted by atomic mass is 10.1. The first kappa shape index (κ1) is 16.3. The molecule has 120 valence electrons. The zero-order chi connectivity index (χ0) is 17.0. The molecule has 0 fully saturated rings. The number of rotatable bonds is 4. The summed E-state index contributed by atoms with van der Waals surface area (Å²) in [6.07, 6.45) is 1.04. The van der Waals surface area contributed by atoms with Crippen molar-refractivity contribution < 1.29 is 29.4 Å². The number of hydroxylamine groups is 1. The van der Waals surface area contributed by atoms with E-state index in [9.17, 15) is 24.2 Å². The van der Waals surface area contributed by atoms with E-state index in [4.69, 9.17) is 5.21 Å². The second-order valence-corrected chi connectivity index (χ2v) is 4.41. The third kappa shape index (κ3) is 3.42. The number of aromatic hydroxyl groups is 1. The van der Waals surface area contributed by atoms with Gasteiger partial charge in [0.2, 0.25) is 0 Å². The van der Waals surface area contributed by atoms with Crippen molar-refractivity contribution in [1.29, 1.82) is 0 Å². The van der Waals surface area contributed by atoms with Gasteiger partial charge in [-0.05, 0) is 24.3 Å².